The van der Waals surface area contributed by atoms with Crippen molar-refractivity contribution in [3.63, 3.8) is 0 Å². The molecule has 2 aromatic rings. The predicted molar refractivity (Wildman–Crippen MR) is 122 cm³/mol. The fraction of sp³-hybridized carbons (Fsp3) is 0.385. The zero-order valence-electron chi connectivity index (χ0n) is 18.1. The minimum atomic E-state index is 0.0644. The Balaban J connectivity index is 1.36. The van der Waals surface area contributed by atoms with E-state index in [9.17, 15) is 9.59 Å². The van der Waals surface area contributed by atoms with Gasteiger partial charge in [0.2, 0.25) is 11.8 Å². The van der Waals surface area contributed by atoms with Gasteiger partial charge in [0.15, 0.2) is 0 Å². The molecule has 2 atom stereocenters. The molecule has 2 aliphatic rings. The van der Waals surface area contributed by atoms with Crippen LogP contribution in [0.4, 0.5) is 0 Å². The summed E-state index contributed by atoms with van der Waals surface area (Å²) in [5, 5.41) is 0. The molecule has 0 aliphatic carbocycles. The van der Waals surface area contributed by atoms with Crippen LogP contribution in [0.3, 0.4) is 0 Å². The Morgan fingerprint density at radius 3 is 2.55 bits per heavy atom. The third-order valence-corrected chi connectivity index (χ3v) is 6.44. The first-order valence-electron chi connectivity index (χ1n) is 11.1. The number of likely N-dealkylation sites (tertiary alicyclic amines) is 2. The molecule has 2 aliphatic heterocycles. The Kier molecular flexibility index (Phi) is 6.70. The van der Waals surface area contributed by atoms with Crippen LogP contribution in [0, 0.1) is 5.92 Å². The third kappa shape index (κ3) is 5.16. The van der Waals surface area contributed by atoms with Crippen molar-refractivity contribution in [2.24, 2.45) is 5.92 Å². The van der Waals surface area contributed by atoms with Crippen molar-refractivity contribution in [2.45, 2.75) is 31.7 Å². The van der Waals surface area contributed by atoms with E-state index in [0.29, 0.717) is 12.3 Å². The molecule has 4 rings (SSSR count). The number of piperidine rings is 2. The lowest BCUT2D eigenvalue weighted by molar-refractivity contribution is -0.138. The Hall–Kier alpha value is -3.08. The molecule has 2 heterocycles. The molecule has 0 bridgehead atoms. The number of amides is 2. The summed E-state index contributed by atoms with van der Waals surface area (Å²) in [5.41, 5.74) is 2.03. The number of benzene rings is 2. The predicted octanol–water partition coefficient (Wildman–Crippen LogP) is 3.79. The minimum Gasteiger partial charge on any atom is -0.497 e. The Morgan fingerprint density at radius 2 is 1.81 bits per heavy atom. The number of hydrogen-bond acceptors (Lipinski definition) is 3. The van der Waals surface area contributed by atoms with Crippen LogP contribution < -0.4 is 4.74 Å². The van der Waals surface area contributed by atoms with Crippen LogP contribution in [0.5, 0.6) is 5.75 Å². The first kappa shape index (κ1) is 21.2. The molecule has 31 heavy (non-hydrogen) atoms. The number of nitrogens with zero attached hydrogens (tertiary/aromatic N) is 2. The summed E-state index contributed by atoms with van der Waals surface area (Å²) in [6.45, 7) is 2.27. The second kappa shape index (κ2) is 9.82. The molecule has 5 heteroatoms. The van der Waals surface area contributed by atoms with E-state index in [1.807, 2.05) is 70.5 Å². The molecule has 162 valence electrons. The first-order chi connectivity index (χ1) is 15.1. The Morgan fingerprint density at radius 1 is 1.03 bits per heavy atom. The molecule has 5 nitrogen and oxygen atoms in total. The Bertz CT molecular complexity index is 923. The summed E-state index contributed by atoms with van der Waals surface area (Å²) in [6, 6.07) is 17.8. The molecule has 2 amide bonds. The molecular formula is C26H30N2O3. The standard InChI is InChI=1S/C26H30N2O3/c1-31-23-12-9-20(10-13-23)11-14-25(29)28-16-5-8-22-19-27(17-15-24(22)28)26(30)18-21-6-3-2-4-7-21/h2-4,6-7,9-14,22,24H,5,8,15-19H2,1H3/b14-11+/t22-,24+/m1/s1. The first-order valence-corrected chi connectivity index (χ1v) is 11.1. The van der Waals surface area contributed by atoms with Gasteiger partial charge in [-0.25, -0.2) is 0 Å². The molecule has 0 aromatic heterocycles. The van der Waals surface area contributed by atoms with Crippen LogP contribution in [-0.2, 0) is 16.0 Å². The van der Waals surface area contributed by atoms with Gasteiger partial charge in [-0.2, -0.15) is 0 Å². The molecule has 0 unspecified atom stereocenters. The number of rotatable bonds is 5. The van der Waals surface area contributed by atoms with Gasteiger partial charge in [0, 0.05) is 31.8 Å². The molecule has 0 N–H and O–H groups in total. The molecule has 0 saturated carbocycles. The summed E-state index contributed by atoms with van der Waals surface area (Å²) in [4.78, 5) is 29.7. The maximum absolute atomic E-state index is 12.9. The van der Waals surface area contributed by atoms with Crippen LogP contribution in [0.25, 0.3) is 6.08 Å². The summed E-state index contributed by atoms with van der Waals surface area (Å²) in [5.74, 6) is 1.42. The monoisotopic (exact) mass is 418 g/mol. The normalized spacial score (nSPS) is 21.1. The van der Waals surface area contributed by atoms with Crippen molar-refractivity contribution in [3.8, 4) is 5.75 Å². The summed E-state index contributed by atoms with van der Waals surface area (Å²) in [7, 11) is 1.64. The molecule has 0 radical (unpaired) electrons. The van der Waals surface area contributed by atoms with Crippen molar-refractivity contribution in [1.82, 2.24) is 9.80 Å². The average molecular weight is 419 g/mol. The van der Waals surface area contributed by atoms with Gasteiger partial charge in [0.05, 0.1) is 13.5 Å². The van der Waals surface area contributed by atoms with Gasteiger partial charge in [-0.15, -0.1) is 0 Å². The van der Waals surface area contributed by atoms with Crippen LogP contribution in [0.1, 0.15) is 30.4 Å². The van der Waals surface area contributed by atoms with E-state index < -0.39 is 0 Å². The Labute approximate surface area is 184 Å². The van der Waals surface area contributed by atoms with Crippen LogP contribution in [0.2, 0.25) is 0 Å². The zero-order valence-corrected chi connectivity index (χ0v) is 18.1. The number of hydrogen-bond donors (Lipinski definition) is 0. The second-order valence-electron chi connectivity index (χ2n) is 8.40. The van der Waals surface area contributed by atoms with Crippen molar-refractivity contribution in [3.05, 3.63) is 71.8 Å². The molecule has 2 saturated heterocycles. The summed E-state index contributed by atoms with van der Waals surface area (Å²) < 4.78 is 5.18. The van der Waals surface area contributed by atoms with Gasteiger partial charge in [0.25, 0.3) is 0 Å². The summed E-state index contributed by atoms with van der Waals surface area (Å²) >= 11 is 0. The van der Waals surface area contributed by atoms with Gasteiger partial charge in [-0.1, -0.05) is 42.5 Å². The largest absolute Gasteiger partial charge is 0.497 e. The average Bonchev–Trinajstić information content (AvgIpc) is 2.82. The smallest absolute Gasteiger partial charge is 0.246 e. The van der Waals surface area contributed by atoms with Crippen LogP contribution >= 0.6 is 0 Å². The molecular weight excluding hydrogens is 388 g/mol. The van der Waals surface area contributed by atoms with Crippen LogP contribution in [-0.4, -0.2) is 54.4 Å². The fourth-order valence-corrected chi connectivity index (χ4v) is 4.76. The summed E-state index contributed by atoms with van der Waals surface area (Å²) in [6.07, 6.45) is 6.91. The maximum Gasteiger partial charge on any atom is 0.246 e. The van der Waals surface area contributed by atoms with Gasteiger partial charge < -0.3 is 14.5 Å². The van der Waals surface area contributed by atoms with Gasteiger partial charge in [-0.05, 0) is 54.5 Å². The number of ether oxygens (including phenoxy) is 1. The van der Waals surface area contributed by atoms with Gasteiger partial charge >= 0.3 is 0 Å². The molecule has 2 fully saturated rings. The lowest BCUT2D eigenvalue weighted by atomic mass is 9.83. The van der Waals surface area contributed by atoms with Gasteiger partial charge in [0.1, 0.15) is 5.75 Å². The molecule has 2 aromatic carbocycles. The highest BCUT2D eigenvalue weighted by Crippen LogP contribution is 2.31. The lowest BCUT2D eigenvalue weighted by Gasteiger charge is -2.47. The second-order valence-corrected chi connectivity index (χ2v) is 8.40. The quantitative estimate of drug-likeness (QED) is 0.694. The lowest BCUT2D eigenvalue weighted by Crippen LogP contribution is -2.56. The van der Waals surface area contributed by atoms with Crippen molar-refractivity contribution < 1.29 is 14.3 Å². The minimum absolute atomic E-state index is 0.0644. The molecule has 0 spiro atoms. The highest BCUT2D eigenvalue weighted by molar-refractivity contribution is 5.92. The van der Waals surface area contributed by atoms with E-state index in [-0.39, 0.29) is 17.9 Å². The highest BCUT2D eigenvalue weighted by Gasteiger charge is 2.38. The van der Waals surface area contributed by atoms with Crippen molar-refractivity contribution >= 4 is 17.9 Å². The van der Waals surface area contributed by atoms with E-state index in [1.165, 1.54) is 0 Å². The zero-order chi connectivity index (χ0) is 21.6. The van der Waals surface area contributed by atoms with Crippen LogP contribution in [0.15, 0.2) is 60.7 Å². The van der Waals surface area contributed by atoms with Crippen molar-refractivity contribution in [2.75, 3.05) is 26.7 Å². The number of carbonyl (C=O) groups excluding carboxylic acids is 2. The van der Waals surface area contributed by atoms with E-state index in [4.69, 9.17) is 4.74 Å². The van der Waals surface area contributed by atoms with Gasteiger partial charge in [-0.3, -0.25) is 9.59 Å². The SMILES string of the molecule is COc1ccc(/C=C/C(=O)N2CCC[C@@H]3CN(C(=O)Cc4ccccc4)CC[C@@H]32)cc1. The maximum atomic E-state index is 12.9. The van der Waals surface area contributed by atoms with Crippen molar-refractivity contribution in [1.29, 1.82) is 0 Å². The van der Waals surface area contributed by atoms with E-state index in [1.54, 1.807) is 13.2 Å². The van der Waals surface area contributed by atoms with E-state index in [2.05, 4.69) is 0 Å². The fourth-order valence-electron chi connectivity index (χ4n) is 4.76. The number of methoxy groups -OCH3 is 1. The number of carbonyl (C=O) groups is 2. The topological polar surface area (TPSA) is 49.9 Å². The van der Waals surface area contributed by atoms with E-state index >= 15 is 0 Å². The third-order valence-electron chi connectivity index (χ3n) is 6.44. The van der Waals surface area contributed by atoms with E-state index in [0.717, 1.165) is 55.8 Å². The highest BCUT2D eigenvalue weighted by atomic mass is 16.5. The number of fused-ring (bicyclic) bond motifs is 1.